The van der Waals surface area contributed by atoms with Crippen molar-refractivity contribution in [2.75, 3.05) is 32.8 Å². The first-order chi connectivity index (χ1) is 12.3. The van der Waals surface area contributed by atoms with Gasteiger partial charge in [0.1, 0.15) is 6.61 Å². The average Bonchev–Trinajstić information content (AvgIpc) is 3.12. The van der Waals surface area contributed by atoms with Crippen LogP contribution in [0.1, 0.15) is 33.6 Å². The fourth-order valence-electron chi connectivity index (χ4n) is 1.50. The summed E-state index contributed by atoms with van der Waals surface area (Å²) in [6, 6.07) is 0. The maximum absolute atomic E-state index is 11.0. The Bertz CT molecular complexity index is 430. The number of carbonyl (C=O) groups excluding carboxylic acids is 2. The number of hydrogen-bond donors (Lipinski definition) is 2. The van der Waals surface area contributed by atoms with Crippen molar-refractivity contribution >= 4 is 17.8 Å². The zero-order valence-electron chi connectivity index (χ0n) is 17.3. The van der Waals surface area contributed by atoms with Gasteiger partial charge >= 0.3 is 41.5 Å². The fourth-order valence-corrected chi connectivity index (χ4v) is 1.50. The zero-order valence-corrected chi connectivity index (χ0v) is 19.3. The molecule has 0 atom stereocenters. The van der Waals surface area contributed by atoms with Gasteiger partial charge in [-0.3, -0.25) is 11.4 Å². The molecular weight excluding hydrogens is 359 g/mol. The number of nitrogens with one attached hydrogen (secondary N) is 1. The van der Waals surface area contributed by atoms with Gasteiger partial charge in [-0.05, 0) is 26.4 Å². The first-order valence-electron chi connectivity index (χ1n) is 8.36. The van der Waals surface area contributed by atoms with Gasteiger partial charge in [0.05, 0.1) is 0 Å². The van der Waals surface area contributed by atoms with Crippen molar-refractivity contribution in [1.29, 1.82) is 0 Å². The zero-order chi connectivity index (χ0) is 21.0. The molecule has 0 aromatic carbocycles. The number of carbonyl (C=O) groups is 3. The quantitative estimate of drug-likeness (QED) is 0.255. The van der Waals surface area contributed by atoms with Crippen molar-refractivity contribution in [1.82, 2.24) is 10.2 Å². The molecule has 0 bridgehead atoms. The normalized spacial score (nSPS) is 10.9. The smallest absolute Gasteiger partial charge is 0.521 e. The molecule has 0 aromatic heterocycles. The molecule has 0 aromatic rings. The Balaban J connectivity index is -0.000000157. The Morgan fingerprint density at radius 2 is 1.81 bits per heavy atom. The van der Waals surface area contributed by atoms with Crippen LogP contribution in [0.15, 0.2) is 31.4 Å². The van der Waals surface area contributed by atoms with Crippen molar-refractivity contribution in [2.45, 2.75) is 33.6 Å². The summed E-state index contributed by atoms with van der Waals surface area (Å²) in [7, 11) is 0. The molecule has 7 nitrogen and oxygen atoms in total. The summed E-state index contributed by atoms with van der Waals surface area (Å²) in [4.78, 5) is 32.5. The van der Waals surface area contributed by atoms with E-state index in [-0.39, 0.29) is 41.4 Å². The third-order valence-electron chi connectivity index (χ3n) is 2.96. The monoisotopic (exact) mass is 392 g/mol. The van der Waals surface area contributed by atoms with Gasteiger partial charge in [-0.1, -0.05) is 27.0 Å². The van der Waals surface area contributed by atoms with Gasteiger partial charge in [0.2, 0.25) is 5.91 Å². The van der Waals surface area contributed by atoms with E-state index in [9.17, 15) is 14.4 Å². The summed E-state index contributed by atoms with van der Waals surface area (Å²) in [6.45, 7) is 23.4. The van der Waals surface area contributed by atoms with Crippen LogP contribution in [0.5, 0.6) is 0 Å². The number of amides is 1. The van der Waals surface area contributed by atoms with Gasteiger partial charge in [0, 0.05) is 31.2 Å². The molecule has 1 rings (SSSR count). The number of esters is 1. The third kappa shape index (κ3) is 26.9. The molecule has 0 saturated carbocycles. The van der Waals surface area contributed by atoms with Crippen LogP contribution in [0, 0.1) is 6.58 Å². The van der Waals surface area contributed by atoms with Crippen LogP contribution < -0.4 is 34.9 Å². The van der Waals surface area contributed by atoms with Crippen molar-refractivity contribution in [3.8, 4) is 0 Å². The van der Waals surface area contributed by atoms with E-state index in [0.29, 0.717) is 12.2 Å². The van der Waals surface area contributed by atoms with Crippen LogP contribution in [0.3, 0.4) is 0 Å². The number of ether oxygens (including phenoxy) is 1. The van der Waals surface area contributed by atoms with E-state index in [0.717, 1.165) is 45.1 Å². The number of carboxylic acid groups (broad SMARTS) is 1. The molecule has 0 spiro atoms. The number of likely N-dealkylation sites (N-methyl/N-ethyl adjacent to an activating group) is 1. The predicted octanol–water partition coefficient (Wildman–Crippen LogP) is -0.790. The van der Waals surface area contributed by atoms with Crippen LogP contribution >= 0.6 is 0 Å². The molecule has 1 amide bonds. The fraction of sp³-hybridized carbons (Fsp3) is 0.526. The summed E-state index contributed by atoms with van der Waals surface area (Å²) >= 11 is 0. The van der Waals surface area contributed by atoms with Crippen molar-refractivity contribution in [3.63, 3.8) is 0 Å². The second-order valence-corrected chi connectivity index (χ2v) is 4.94. The maximum Gasteiger partial charge on any atom is 1.00 e. The van der Waals surface area contributed by atoms with Gasteiger partial charge in [-0.2, -0.15) is 0 Å². The number of carboxylic acids is 1. The van der Waals surface area contributed by atoms with Crippen molar-refractivity contribution in [2.24, 2.45) is 0 Å². The molecule has 0 unspecified atom stereocenters. The van der Waals surface area contributed by atoms with Crippen LogP contribution in [-0.2, 0) is 19.1 Å². The molecule has 1 aliphatic rings. The standard InChI is InChI=1S/C10H19NO2.C4H7NO.C3H4O2.C2H3.Na/c1-5-11(6-2)7-8-13-10(12)9(3)4;6-4-2-1-3-5-4;1-2-3(4)5;1-2;/h3,5-8H2,1-2,4H3;1-3H2,(H,5,6);2H,1H2,(H,4,5);1H,2H2;/q;;;-1;+1. The Morgan fingerprint density at radius 1 is 1.33 bits per heavy atom. The van der Waals surface area contributed by atoms with Gasteiger partial charge in [0.25, 0.3) is 0 Å². The molecule has 1 heterocycles. The summed E-state index contributed by atoms with van der Waals surface area (Å²) in [5, 5.41) is 10.3. The number of rotatable bonds is 7. The van der Waals surface area contributed by atoms with Crippen LogP contribution in [0.4, 0.5) is 0 Å². The van der Waals surface area contributed by atoms with Gasteiger partial charge < -0.3 is 26.6 Å². The van der Waals surface area contributed by atoms with Crippen molar-refractivity contribution in [3.05, 3.63) is 38.0 Å². The van der Waals surface area contributed by atoms with Crippen LogP contribution in [-0.4, -0.2) is 60.6 Å². The summed E-state index contributed by atoms with van der Waals surface area (Å²) in [6.07, 6.45) is 2.60. The molecular formula is C19H33N2NaO5. The summed E-state index contributed by atoms with van der Waals surface area (Å²) in [5.41, 5.74) is 0.458. The van der Waals surface area contributed by atoms with Gasteiger partial charge in [-0.15, -0.1) is 0 Å². The topological polar surface area (TPSA) is 95.9 Å². The second kappa shape index (κ2) is 24.6. The van der Waals surface area contributed by atoms with Crippen molar-refractivity contribution < 1.29 is 53.8 Å². The molecule has 1 aliphatic heterocycles. The number of hydrogen-bond acceptors (Lipinski definition) is 5. The molecule has 1 saturated heterocycles. The van der Waals surface area contributed by atoms with E-state index in [4.69, 9.17) is 9.84 Å². The predicted molar refractivity (Wildman–Crippen MR) is 104 cm³/mol. The summed E-state index contributed by atoms with van der Waals surface area (Å²) < 4.78 is 4.96. The Kier molecular flexibility index (Phi) is 30.2. The molecule has 1 fully saturated rings. The minimum absolute atomic E-state index is 0. The van der Waals surface area contributed by atoms with E-state index >= 15 is 0 Å². The first-order valence-corrected chi connectivity index (χ1v) is 8.36. The van der Waals surface area contributed by atoms with E-state index in [1.54, 1.807) is 6.92 Å². The van der Waals surface area contributed by atoms with Gasteiger partial charge in [0.15, 0.2) is 0 Å². The maximum atomic E-state index is 11.0. The minimum atomic E-state index is -0.981. The van der Waals surface area contributed by atoms with E-state index in [1.165, 1.54) is 0 Å². The SMILES string of the molecule is C=C(C)C(=O)OCCN(CC)CC.C=CC(=O)O.O=C1CCCN1.[CH-]=C.[Na+]. The minimum Gasteiger partial charge on any atom is -0.521 e. The Labute approximate surface area is 185 Å². The average molecular weight is 392 g/mol. The molecule has 0 radical (unpaired) electrons. The van der Waals surface area contributed by atoms with E-state index in [2.05, 4.69) is 50.4 Å². The molecule has 150 valence electrons. The van der Waals surface area contributed by atoms with E-state index in [1.807, 2.05) is 0 Å². The Morgan fingerprint density at radius 3 is 2.04 bits per heavy atom. The van der Waals surface area contributed by atoms with E-state index < -0.39 is 5.97 Å². The number of aliphatic carboxylic acids is 1. The first kappa shape index (κ1) is 33.2. The molecule has 2 N–H and O–H groups in total. The summed E-state index contributed by atoms with van der Waals surface area (Å²) in [5.74, 6) is -1.08. The third-order valence-corrected chi connectivity index (χ3v) is 2.96. The van der Waals surface area contributed by atoms with Crippen LogP contribution in [0.2, 0.25) is 0 Å². The molecule has 0 aliphatic carbocycles. The number of nitrogens with zero attached hydrogens (tertiary/aromatic N) is 1. The second-order valence-electron chi connectivity index (χ2n) is 4.94. The molecule has 27 heavy (non-hydrogen) atoms. The Hall–Kier alpha value is -1.41. The largest absolute Gasteiger partial charge is 1.00 e. The van der Waals surface area contributed by atoms with Gasteiger partial charge in [-0.25, -0.2) is 9.59 Å². The van der Waals surface area contributed by atoms with Crippen LogP contribution in [0.25, 0.3) is 0 Å². The molecule has 8 heteroatoms.